The Bertz CT molecular complexity index is 1060. The molecule has 176 valence electrons. The maximum atomic E-state index is 13.2. The van der Waals surface area contributed by atoms with Crippen LogP contribution in [0, 0.1) is 23.2 Å². The largest absolute Gasteiger partial charge is 0.325 e. The highest BCUT2D eigenvalue weighted by Crippen LogP contribution is 2.61. The van der Waals surface area contributed by atoms with E-state index in [1.807, 2.05) is 35.0 Å². The van der Waals surface area contributed by atoms with Gasteiger partial charge in [0, 0.05) is 35.6 Å². The summed E-state index contributed by atoms with van der Waals surface area (Å²) in [7, 11) is 0. The van der Waals surface area contributed by atoms with Gasteiger partial charge in [0.05, 0.1) is 0 Å². The minimum atomic E-state index is 0.0473. The third kappa shape index (κ3) is 4.25. The smallest absolute Gasteiger partial charge is 0.258 e. The van der Waals surface area contributed by atoms with Gasteiger partial charge in [0.2, 0.25) is 5.91 Å². The molecule has 0 radical (unpaired) electrons. The Morgan fingerprint density at radius 3 is 2.33 bits per heavy atom. The Kier molecular flexibility index (Phi) is 5.56. The number of aromatic nitrogens is 1. The zero-order valence-electron chi connectivity index (χ0n) is 19.7. The van der Waals surface area contributed by atoms with E-state index >= 15 is 0 Å². The summed E-state index contributed by atoms with van der Waals surface area (Å²) in [5.41, 5.74) is 1.06. The SMILES string of the molecule is O=C(CC12CC3CC(CC(C3)C1)C2)Nc1cccc2c(=O)n(CCCN3CCCC3)ccc12. The van der Waals surface area contributed by atoms with Gasteiger partial charge in [0.25, 0.3) is 5.56 Å². The molecule has 1 aliphatic heterocycles. The third-order valence-electron chi connectivity index (χ3n) is 9.07. The van der Waals surface area contributed by atoms with Crippen molar-refractivity contribution in [2.75, 3.05) is 25.0 Å². The molecule has 1 N–H and O–H groups in total. The predicted octanol–water partition coefficient (Wildman–Crippen LogP) is 5.03. The number of hydrogen-bond donors (Lipinski definition) is 1. The number of amides is 1. The van der Waals surface area contributed by atoms with Crippen LogP contribution in [-0.2, 0) is 11.3 Å². The van der Waals surface area contributed by atoms with Crippen molar-refractivity contribution >= 4 is 22.4 Å². The average molecular weight is 448 g/mol. The molecule has 4 bridgehead atoms. The highest BCUT2D eigenvalue weighted by molar-refractivity contribution is 6.02. The van der Waals surface area contributed by atoms with Crippen LogP contribution in [-0.4, -0.2) is 35.0 Å². The summed E-state index contributed by atoms with van der Waals surface area (Å²) >= 11 is 0. The number of benzene rings is 1. The standard InChI is InChI=1S/C28H37N3O2/c32-26(19-28-16-20-13-21(17-28)15-22(14-20)18-28)29-25-6-3-5-24-23(25)7-12-31(27(24)33)11-4-10-30-8-1-2-9-30/h3,5-7,12,20-22H,1-2,4,8-11,13-19H2,(H,29,32). The lowest BCUT2D eigenvalue weighted by Crippen LogP contribution is -2.47. The molecule has 2 heterocycles. The number of fused-ring (bicyclic) bond motifs is 1. The van der Waals surface area contributed by atoms with Gasteiger partial charge in [0.1, 0.15) is 0 Å². The van der Waals surface area contributed by atoms with Gasteiger partial charge in [-0.15, -0.1) is 0 Å². The summed E-state index contributed by atoms with van der Waals surface area (Å²) < 4.78 is 1.83. The molecule has 5 nitrogen and oxygen atoms in total. The van der Waals surface area contributed by atoms with E-state index in [9.17, 15) is 9.59 Å². The Hall–Kier alpha value is -2.14. The second-order valence-corrected chi connectivity index (χ2v) is 11.6. The highest BCUT2D eigenvalue weighted by Gasteiger charge is 2.51. The van der Waals surface area contributed by atoms with E-state index in [0.717, 1.165) is 48.3 Å². The second-order valence-electron chi connectivity index (χ2n) is 11.6. The zero-order chi connectivity index (χ0) is 22.4. The van der Waals surface area contributed by atoms with Crippen molar-refractivity contribution in [2.24, 2.45) is 23.2 Å². The number of aryl methyl sites for hydroxylation is 1. The molecule has 5 fully saturated rings. The van der Waals surface area contributed by atoms with Crippen molar-refractivity contribution in [3.8, 4) is 0 Å². The number of carbonyl (C=O) groups excluding carboxylic acids is 1. The van der Waals surface area contributed by atoms with Gasteiger partial charge in [0.15, 0.2) is 0 Å². The number of nitrogens with one attached hydrogen (secondary N) is 1. The summed E-state index contributed by atoms with van der Waals surface area (Å²) in [6.07, 6.45) is 14.0. The topological polar surface area (TPSA) is 54.3 Å². The molecule has 5 heteroatoms. The van der Waals surface area contributed by atoms with Crippen LogP contribution >= 0.6 is 0 Å². The van der Waals surface area contributed by atoms with Gasteiger partial charge in [-0.25, -0.2) is 0 Å². The normalized spacial score (nSPS) is 30.8. The van der Waals surface area contributed by atoms with E-state index in [2.05, 4.69) is 10.2 Å². The van der Waals surface area contributed by atoms with Crippen molar-refractivity contribution in [1.82, 2.24) is 9.47 Å². The van der Waals surface area contributed by atoms with E-state index in [1.165, 1.54) is 64.5 Å². The lowest BCUT2D eigenvalue weighted by Gasteiger charge is -2.56. The van der Waals surface area contributed by atoms with E-state index in [0.29, 0.717) is 11.8 Å². The molecule has 1 aromatic heterocycles. The van der Waals surface area contributed by atoms with Crippen LogP contribution in [0.15, 0.2) is 35.3 Å². The fraction of sp³-hybridized carbons (Fsp3) is 0.643. The minimum Gasteiger partial charge on any atom is -0.325 e. The molecular formula is C28H37N3O2. The summed E-state index contributed by atoms with van der Waals surface area (Å²) in [4.78, 5) is 28.8. The van der Waals surface area contributed by atoms with Crippen molar-refractivity contribution in [3.63, 3.8) is 0 Å². The molecule has 0 unspecified atom stereocenters. The lowest BCUT2D eigenvalue weighted by atomic mass is 9.49. The van der Waals surface area contributed by atoms with Gasteiger partial charge in [-0.1, -0.05) is 6.07 Å². The van der Waals surface area contributed by atoms with Crippen LogP contribution in [0.4, 0.5) is 5.69 Å². The molecular weight excluding hydrogens is 410 g/mol. The zero-order valence-corrected chi connectivity index (χ0v) is 19.7. The third-order valence-corrected chi connectivity index (χ3v) is 9.07. The van der Waals surface area contributed by atoms with Gasteiger partial charge >= 0.3 is 0 Å². The van der Waals surface area contributed by atoms with Crippen molar-refractivity contribution in [3.05, 3.63) is 40.8 Å². The predicted molar refractivity (Wildman–Crippen MR) is 132 cm³/mol. The Balaban J connectivity index is 1.15. The van der Waals surface area contributed by atoms with Crippen LogP contribution in [0.3, 0.4) is 0 Å². The van der Waals surface area contributed by atoms with Crippen molar-refractivity contribution < 1.29 is 4.79 Å². The molecule has 1 aromatic carbocycles. The number of carbonyl (C=O) groups is 1. The number of hydrogen-bond acceptors (Lipinski definition) is 3. The van der Waals surface area contributed by atoms with Crippen molar-refractivity contribution in [1.29, 1.82) is 0 Å². The fourth-order valence-corrected chi connectivity index (χ4v) is 8.12. The first kappa shape index (κ1) is 21.4. The summed E-state index contributed by atoms with van der Waals surface area (Å²) in [5.74, 6) is 2.68. The Morgan fingerprint density at radius 2 is 1.64 bits per heavy atom. The summed E-state index contributed by atoms with van der Waals surface area (Å²) in [6, 6.07) is 7.74. The first-order chi connectivity index (χ1) is 16.1. The molecule has 1 saturated heterocycles. The summed E-state index contributed by atoms with van der Waals surface area (Å²) in [5, 5.41) is 4.75. The number of likely N-dealkylation sites (tertiary alicyclic amines) is 1. The van der Waals surface area contributed by atoms with Crippen LogP contribution < -0.4 is 10.9 Å². The Labute approximate surface area is 196 Å². The molecule has 4 aliphatic carbocycles. The summed E-state index contributed by atoms with van der Waals surface area (Å²) in [6.45, 7) is 4.19. The molecule has 1 amide bonds. The van der Waals surface area contributed by atoms with E-state index in [1.54, 1.807) is 0 Å². The lowest BCUT2D eigenvalue weighted by molar-refractivity contribution is -0.124. The molecule has 5 aliphatic rings. The van der Waals surface area contributed by atoms with Crippen LogP contribution in [0.1, 0.15) is 64.2 Å². The fourth-order valence-electron chi connectivity index (χ4n) is 8.12. The maximum absolute atomic E-state index is 13.2. The number of nitrogens with zero attached hydrogens (tertiary/aromatic N) is 2. The highest BCUT2D eigenvalue weighted by atomic mass is 16.1. The first-order valence-corrected chi connectivity index (χ1v) is 13.2. The van der Waals surface area contributed by atoms with Gasteiger partial charge < -0.3 is 14.8 Å². The van der Waals surface area contributed by atoms with Gasteiger partial charge in [-0.3, -0.25) is 9.59 Å². The number of anilines is 1. The van der Waals surface area contributed by atoms with Gasteiger partial charge in [-0.05, 0) is 119 Å². The quantitative estimate of drug-likeness (QED) is 0.647. The molecule has 7 rings (SSSR count). The minimum absolute atomic E-state index is 0.0473. The number of pyridine rings is 1. The first-order valence-electron chi connectivity index (χ1n) is 13.2. The van der Waals surface area contributed by atoms with Gasteiger partial charge in [-0.2, -0.15) is 0 Å². The van der Waals surface area contributed by atoms with E-state index in [4.69, 9.17) is 0 Å². The molecule has 0 atom stereocenters. The van der Waals surface area contributed by atoms with E-state index in [-0.39, 0.29) is 16.9 Å². The molecule has 33 heavy (non-hydrogen) atoms. The van der Waals surface area contributed by atoms with Crippen LogP contribution in [0.2, 0.25) is 0 Å². The van der Waals surface area contributed by atoms with E-state index < -0.39 is 0 Å². The maximum Gasteiger partial charge on any atom is 0.258 e. The molecule has 2 aromatic rings. The van der Waals surface area contributed by atoms with Crippen LogP contribution in [0.25, 0.3) is 10.8 Å². The molecule has 0 spiro atoms. The molecule has 4 saturated carbocycles. The Morgan fingerprint density at radius 1 is 0.939 bits per heavy atom. The monoisotopic (exact) mass is 447 g/mol. The van der Waals surface area contributed by atoms with Crippen molar-refractivity contribution in [2.45, 2.75) is 70.8 Å². The average Bonchev–Trinajstić information content (AvgIpc) is 3.28. The number of rotatable bonds is 7. The van der Waals surface area contributed by atoms with Crippen LogP contribution in [0.5, 0.6) is 0 Å². The second kappa shape index (κ2) is 8.57.